The van der Waals surface area contributed by atoms with E-state index in [2.05, 4.69) is 9.05 Å². The monoisotopic (exact) mass is 476 g/mol. The molecule has 0 aliphatic heterocycles. The van der Waals surface area contributed by atoms with E-state index < -0.39 is 28.4 Å². The zero-order chi connectivity index (χ0) is 21.1. The normalized spacial score (nSPS) is 11.1. The fraction of sp³-hybridized carbons (Fsp3) is 0.125. The van der Waals surface area contributed by atoms with Gasteiger partial charge in [0.25, 0.3) is 0 Å². The number of hydrogen-bond donors (Lipinski definition) is 0. The van der Waals surface area contributed by atoms with E-state index in [1.165, 1.54) is 62.4 Å². The number of esters is 2. The first kappa shape index (κ1) is 31.5. The fourth-order valence-corrected chi connectivity index (χ4v) is 2.33. The van der Waals surface area contributed by atoms with Gasteiger partial charge in [-0.3, -0.25) is 18.7 Å². The van der Waals surface area contributed by atoms with Gasteiger partial charge in [-0.05, 0) is 48.5 Å². The third kappa shape index (κ3) is 15.2. The van der Waals surface area contributed by atoms with Crippen molar-refractivity contribution < 1.29 is 106 Å². The van der Waals surface area contributed by atoms with E-state index in [9.17, 15) is 28.5 Å². The molecule has 2 atom stereocenters. The Hall–Kier alpha value is -0.640. The summed E-state index contributed by atoms with van der Waals surface area (Å²) < 4.78 is 38.7. The van der Waals surface area contributed by atoms with Crippen molar-refractivity contribution >= 4 is 28.4 Å². The summed E-state index contributed by atoms with van der Waals surface area (Å²) in [6.07, 6.45) is 0. The van der Waals surface area contributed by atoms with Crippen molar-refractivity contribution in [1.82, 2.24) is 0 Å². The Kier molecular flexibility index (Phi) is 17.9. The van der Waals surface area contributed by atoms with Crippen molar-refractivity contribution in [1.29, 1.82) is 0 Å². The predicted molar refractivity (Wildman–Crippen MR) is 94.8 cm³/mol. The quantitative estimate of drug-likeness (QED) is 0.173. The first-order valence-electron chi connectivity index (χ1n) is 7.50. The van der Waals surface area contributed by atoms with Crippen LogP contribution in [0.25, 0.3) is 0 Å². The minimum absolute atomic E-state index is 0. The van der Waals surface area contributed by atoms with Crippen LogP contribution in [0.2, 0.25) is 0 Å². The second-order valence-electron chi connectivity index (χ2n) is 4.83. The summed E-state index contributed by atoms with van der Waals surface area (Å²) in [4.78, 5) is 41.5. The van der Waals surface area contributed by atoms with Crippen LogP contribution in [-0.4, -0.2) is 11.9 Å². The molecule has 0 aliphatic rings. The molecule has 0 fully saturated rings. The molecule has 2 rings (SSSR count). The molecule has 0 heterocycles. The van der Waals surface area contributed by atoms with E-state index >= 15 is 0 Å². The van der Waals surface area contributed by atoms with Crippen LogP contribution < -0.4 is 87.4 Å². The Balaban J connectivity index is 0. The fourth-order valence-electron chi connectivity index (χ4n) is 1.68. The SMILES string of the molecule is CC(=O)Oc1ccc(O[PH](=O)[O-])cc1.CC(=O)Oc1ccc(O[PH](=O)[O-])cc1.[Na+].[Na+]. The van der Waals surface area contributed by atoms with Gasteiger partial charge in [0.15, 0.2) is 16.5 Å². The van der Waals surface area contributed by atoms with Crippen LogP contribution in [0.5, 0.6) is 23.0 Å². The molecule has 0 bridgehead atoms. The molecule has 2 aromatic carbocycles. The van der Waals surface area contributed by atoms with Gasteiger partial charge < -0.3 is 28.3 Å². The molecule has 0 saturated carbocycles. The van der Waals surface area contributed by atoms with Gasteiger partial charge in [-0.2, -0.15) is 0 Å². The molecule has 0 saturated heterocycles. The van der Waals surface area contributed by atoms with Gasteiger partial charge in [0, 0.05) is 13.8 Å². The molecule has 0 aliphatic carbocycles. The summed E-state index contributed by atoms with van der Waals surface area (Å²) in [6.45, 7) is 2.56. The molecule has 0 aromatic heterocycles. The van der Waals surface area contributed by atoms with Crippen LogP contribution in [0.15, 0.2) is 48.5 Å². The first-order valence-corrected chi connectivity index (χ1v) is 9.95. The Morgan fingerprint density at radius 3 is 1.07 bits per heavy atom. The van der Waals surface area contributed by atoms with Crippen molar-refractivity contribution in [2.75, 3.05) is 0 Å². The maximum Gasteiger partial charge on any atom is 1.00 e. The second-order valence-corrected chi connectivity index (χ2v) is 6.24. The molecule has 2 aromatic rings. The standard InChI is InChI=1S/2C8H9O5P.2Na/c2*1-6(9)12-7-2-4-8(5-3-7)13-14(10)11;;/h2*2-5,14H,1H3,(H,10,11);;/q;;2*+1/p-2. The zero-order valence-electron chi connectivity index (χ0n) is 16.7. The summed E-state index contributed by atoms with van der Waals surface area (Å²) in [6, 6.07) is 11.4. The van der Waals surface area contributed by atoms with E-state index in [1.807, 2.05) is 0 Å². The van der Waals surface area contributed by atoms with E-state index in [4.69, 9.17) is 9.47 Å². The van der Waals surface area contributed by atoms with Crippen molar-refractivity contribution in [3.05, 3.63) is 48.5 Å². The van der Waals surface area contributed by atoms with Crippen molar-refractivity contribution in [2.45, 2.75) is 13.8 Å². The van der Waals surface area contributed by atoms with Gasteiger partial charge >= 0.3 is 71.1 Å². The van der Waals surface area contributed by atoms with Gasteiger partial charge in [0.2, 0.25) is 0 Å². The maximum atomic E-state index is 10.5. The van der Waals surface area contributed by atoms with Crippen LogP contribution in [0.3, 0.4) is 0 Å². The van der Waals surface area contributed by atoms with E-state index in [1.54, 1.807) is 0 Å². The molecule has 2 unspecified atom stereocenters. The summed E-state index contributed by atoms with van der Waals surface area (Å²) in [5.74, 6) is 0.206. The number of rotatable bonds is 6. The average Bonchev–Trinajstić information content (AvgIpc) is 2.57. The molecule has 30 heavy (non-hydrogen) atoms. The van der Waals surface area contributed by atoms with Gasteiger partial charge in [-0.15, -0.1) is 0 Å². The van der Waals surface area contributed by atoms with Crippen LogP contribution in [0, 0.1) is 0 Å². The van der Waals surface area contributed by atoms with Gasteiger partial charge in [-0.1, -0.05) is 0 Å². The summed E-state index contributed by atoms with van der Waals surface area (Å²) >= 11 is 0. The maximum absolute atomic E-state index is 10.5. The topological polar surface area (TPSA) is 151 Å². The second kappa shape index (κ2) is 17.0. The molecule has 0 N–H and O–H groups in total. The molecule has 152 valence electrons. The third-order valence-corrected chi connectivity index (χ3v) is 3.38. The molecular formula is C16H16Na2O10P2. The minimum Gasteiger partial charge on any atom is -0.771 e. The smallest absolute Gasteiger partial charge is 0.771 e. The average molecular weight is 476 g/mol. The minimum atomic E-state index is -3.23. The summed E-state index contributed by atoms with van der Waals surface area (Å²) in [7, 11) is -6.46. The predicted octanol–water partition coefficient (Wildman–Crippen LogP) is -4.51. The molecule has 0 spiro atoms. The molecule has 10 nitrogen and oxygen atoms in total. The Morgan fingerprint density at radius 1 is 0.633 bits per heavy atom. The van der Waals surface area contributed by atoms with Crippen LogP contribution in [0.1, 0.15) is 13.8 Å². The van der Waals surface area contributed by atoms with Crippen molar-refractivity contribution in [3.63, 3.8) is 0 Å². The molecule has 0 radical (unpaired) electrons. The third-order valence-electron chi connectivity index (χ3n) is 2.57. The van der Waals surface area contributed by atoms with Gasteiger partial charge in [0.05, 0.1) is 0 Å². The Labute approximate surface area is 218 Å². The Morgan fingerprint density at radius 2 is 0.867 bits per heavy atom. The number of benzene rings is 2. The first-order chi connectivity index (χ1) is 13.2. The largest absolute Gasteiger partial charge is 1.00 e. The van der Waals surface area contributed by atoms with E-state index in [0.29, 0.717) is 11.5 Å². The van der Waals surface area contributed by atoms with Crippen LogP contribution >= 0.6 is 16.5 Å². The van der Waals surface area contributed by atoms with Crippen molar-refractivity contribution in [3.8, 4) is 23.0 Å². The van der Waals surface area contributed by atoms with Gasteiger partial charge in [0.1, 0.15) is 23.0 Å². The number of hydrogen-bond acceptors (Lipinski definition) is 10. The molecular weight excluding hydrogens is 460 g/mol. The summed E-state index contributed by atoms with van der Waals surface area (Å²) in [5.41, 5.74) is 0. The zero-order valence-corrected chi connectivity index (χ0v) is 22.7. The molecule has 14 heteroatoms. The van der Waals surface area contributed by atoms with E-state index in [0.717, 1.165) is 0 Å². The summed E-state index contributed by atoms with van der Waals surface area (Å²) in [5, 5.41) is 0. The van der Waals surface area contributed by atoms with E-state index in [-0.39, 0.29) is 70.6 Å². The van der Waals surface area contributed by atoms with Crippen LogP contribution in [0.4, 0.5) is 0 Å². The number of ether oxygens (including phenoxy) is 2. The number of carbonyl (C=O) groups is 2. The number of carbonyl (C=O) groups excluding carboxylic acids is 2. The molecule has 0 amide bonds. The van der Waals surface area contributed by atoms with Crippen LogP contribution in [-0.2, 0) is 18.7 Å². The van der Waals surface area contributed by atoms with Crippen molar-refractivity contribution in [2.24, 2.45) is 0 Å². The Bertz CT molecular complexity index is 703. The van der Waals surface area contributed by atoms with Gasteiger partial charge in [-0.25, -0.2) is 0 Å².